The lowest BCUT2D eigenvalue weighted by Crippen LogP contribution is -2.28. The molecule has 1 fully saturated rings. The van der Waals surface area contributed by atoms with Gasteiger partial charge in [-0.2, -0.15) is 4.98 Å². The first-order valence-electron chi connectivity index (χ1n) is 6.87. The van der Waals surface area contributed by atoms with Gasteiger partial charge in [0.25, 0.3) is 0 Å². The van der Waals surface area contributed by atoms with Crippen molar-refractivity contribution in [3.05, 3.63) is 49.2 Å². The molecule has 2 aromatic heterocycles. The minimum Gasteiger partial charge on any atom is -0.443 e. The van der Waals surface area contributed by atoms with Crippen LogP contribution in [-0.2, 0) is 4.74 Å². The summed E-state index contributed by atoms with van der Waals surface area (Å²) in [5, 5.41) is 13.0. The largest absolute Gasteiger partial charge is 0.443 e. The van der Waals surface area contributed by atoms with E-state index >= 15 is 0 Å². The number of rotatable bonds is 3. The Hall–Kier alpha value is -2.68. The number of aromatic nitrogens is 2. The Morgan fingerprint density at radius 3 is 3.04 bits per heavy atom. The van der Waals surface area contributed by atoms with Crippen LogP contribution in [0, 0.1) is 6.92 Å². The number of fused-ring (bicyclic) bond motifs is 1. The van der Waals surface area contributed by atoms with Gasteiger partial charge in [-0.15, -0.1) is 0 Å². The van der Waals surface area contributed by atoms with E-state index in [-0.39, 0.29) is 29.6 Å². The van der Waals surface area contributed by atoms with Crippen molar-refractivity contribution in [2.45, 2.75) is 31.7 Å². The Bertz CT molecular complexity index is 913. The van der Waals surface area contributed by atoms with Crippen LogP contribution < -0.4 is 11.1 Å². The van der Waals surface area contributed by atoms with Gasteiger partial charge in [0.05, 0.1) is 18.8 Å². The molecule has 23 heavy (non-hydrogen) atoms. The summed E-state index contributed by atoms with van der Waals surface area (Å²) in [5.74, 6) is 0.355. The van der Waals surface area contributed by atoms with E-state index in [1.807, 2.05) is 0 Å². The molecule has 3 heterocycles. The molecule has 3 rings (SSSR count). The molecule has 0 aliphatic carbocycles. The maximum absolute atomic E-state index is 12.1. The first kappa shape index (κ1) is 15.2. The van der Waals surface area contributed by atoms with Gasteiger partial charge >= 0.3 is 5.69 Å². The molecule has 10 nitrogen and oxygen atoms in total. The predicted molar refractivity (Wildman–Crippen MR) is 77.8 cm³/mol. The van der Waals surface area contributed by atoms with Crippen LogP contribution in [0.2, 0.25) is 0 Å². The summed E-state index contributed by atoms with van der Waals surface area (Å²) in [6.45, 7) is 1.24. The SMILES string of the molecule is Cc1cc(=O)c2cn([C@H]3C[C@H](N=[N+]=[N-])[C@@H](CO)O3)c(=O)nc2o1. The summed E-state index contributed by atoms with van der Waals surface area (Å²) in [6, 6.07) is 0.695. The zero-order valence-electron chi connectivity index (χ0n) is 12.1. The third-order valence-corrected chi connectivity index (χ3v) is 3.67. The van der Waals surface area contributed by atoms with E-state index in [9.17, 15) is 14.7 Å². The Balaban J connectivity index is 2.07. The van der Waals surface area contributed by atoms with E-state index in [0.717, 1.165) is 4.57 Å². The molecule has 120 valence electrons. The van der Waals surface area contributed by atoms with Crippen molar-refractivity contribution in [3.8, 4) is 0 Å². The first-order valence-corrected chi connectivity index (χ1v) is 6.87. The van der Waals surface area contributed by atoms with E-state index in [2.05, 4.69) is 15.0 Å². The number of hydrogen-bond donors (Lipinski definition) is 1. The van der Waals surface area contributed by atoms with Gasteiger partial charge in [-0.05, 0) is 12.5 Å². The maximum Gasteiger partial charge on any atom is 0.353 e. The lowest BCUT2D eigenvalue weighted by molar-refractivity contribution is -0.0268. The van der Waals surface area contributed by atoms with Gasteiger partial charge in [0.2, 0.25) is 5.71 Å². The van der Waals surface area contributed by atoms with Crippen molar-refractivity contribution >= 4 is 11.1 Å². The summed E-state index contributed by atoms with van der Waals surface area (Å²) >= 11 is 0. The molecule has 1 aliphatic heterocycles. The Kier molecular flexibility index (Phi) is 3.87. The van der Waals surface area contributed by atoms with Crippen molar-refractivity contribution in [2.24, 2.45) is 5.11 Å². The predicted octanol–water partition coefficient (Wildman–Crippen LogP) is 0.617. The number of nitrogens with zero attached hydrogens (tertiary/aromatic N) is 5. The lowest BCUT2D eigenvalue weighted by Gasteiger charge is -2.14. The zero-order valence-corrected chi connectivity index (χ0v) is 12.1. The Labute approximate surface area is 128 Å². The normalized spacial score (nSPS) is 23.8. The summed E-state index contributed by atoms with van der Waals surface area (Å²) in [4.78, 5) is 30.6. The summed E-state index contributed by atoms with van der Waals surface area (Å²) in [7, 11) is 0. The maximum atomic E-state index is 12.1. The fourth-order valence-corrected chi connectivity index (χ4v) is 2.59. The standard InChI is InChI=1S/C13H13N5O5/c1-6-2-9(20)7-4-18(13(21)15-12(7)22-6)11-3-8(16-17-14)10(5-19)23-11/h2,4,8,10-11,19H,3,5H2,1H3/t8-,10+,11+/m0/s1. The zero-order chi connectivity index (χ0) is 16.6. The number of aliphatic hydroxyl groups is 1. The molecule has 2 aromatic rings. The number of aryl methyl sites for hydroxylation is 1. The van der Waals surface area contributed by atoms with Crippen molar-refractivity contribution in [1.82, 2.24) is 9.55 Å². The monoisotopic (exact) mass is 319 g/mol. The minimum absolute atomic E-state index is 0.0421. The smallest absolute Gasteiger partial charge is 0.353 e. The number of hydrogen-bond acceptors (Lipinski definition) is 7. The van der Waals surface area contributed by atoms with Crippen molar-refractivity contribution in [1.29, 1.82) is 0 Å². The highest BCUT2D eigenvalue weighted by Gasteiger charge is 2.36. The average Bonchev–Trinajstić information content (AvgIpc) is 2.89. The molecule has 1 N–H and O–H groups in total. The lowest BCUT2D eigenvalue weighted by atomic mass is 10.1. The van der Waals surface area contributed by atoms with E-state index in [4.69, 9.17) is 14.7 Å². The molecule has 0 aromatic carbocycles. The number of ether oxygens (including phenoxy) is 1. The molecular weight excluding hydrogens is 306 g/mol. The highest BCUT2D eigenvalue weighted by Crippen LogP contribution is 2.30. The Morgan fingerprint density at radius 2 is 2.35 bits per heavy atom. The van der Waals surface area contributed by atoms with E-state index in [1.54, 1.807) is 6.92 Å². The molecule has 0 saturated carbocycles. The molecule has 1 aliphatic rings. The molecule has 1 saturated heterocycles. The first-order chi connectivity index (χ1) is 11.0. The summed E-state index contributed by atoms with van der Waals surface area (Å²) in [6.07, 6.45) is 0.00766. The van der Waals surface area contributed by atoms with Crippen LogP contribution in [0.5, 0.6) is 0 Å². The van der Waals surface area contributed by atoms with Gasteiger partial charge in [-0.25, -0.2) is 4.79 Å². The minimum atomic E-state index is -0.784. The van der Waals surface area contributed by atoms with E-state index in [1.165, 1.54) is 12.3 Å². The van der Waals surface area contributed by atoms with Gasteiger partial charge in [0, 0.05) is 23.6 Å². The summed E-state index contributed by atoms with van der Waals surface area (Å²) in [5.41, 5.74) is 7.52. The van der Waals surface area contributed by atoms with Gasteiger partial charge in [-0.1, -0.05) is 5.11 Å². The highest BCUT2D eigenvalue weighted by atomic mass is 16.5. The van der Waals surface area contributed by atoms with E-state index < -0.39 is 24.1 Å². The Morgan fingerprint density at radius 1 is 1.57 bits per heavy atom. The fourth-order valence-electron chi connectivity index (χ4n) is 2.59. The van der Waals surface area contributed by atoms with Crippen molar-refractivity contribution < 1.29 is 14.3 Å². The van der Waals surface area contributed by atoms with Crippen LogP contribution in [0.3, 0.4) is 0 Å². The van der Waals surface area contributed by atoms with Crippen LogP contribution in [0.4, 0.5) is 0 Å². The average molecular weight is 319 g/mol. The number of aliphatic hydroxyl groups excluding tert-OH is 1. The molecule has 0 unspecified atom stereocenters. The van der Waals surface area contributed by atoms with Crippen LogP contribution >= 0.6 is 0 Å². The third-order valence-electron chi connectivity index (χ3n) is 3.67. The molecule has 0 bridgehead atoms. The van der Waals surface area contributed by atoms with Gasteiger partial charge in [0.15, 0.2) is 5.43 Å². The van der Waals surface area contributed by atoms with Crippen LogP contribution in [0.1, 0.15) is 18.4 Å². The second-order valence-corrected chi connectivity index (χ2v) is 5.19. The number of azide groups is 1. The van der Waals surface area contributed by atoms with Gasteiger partial charge in [-0.3, -0.25) is 9.36 Å². The van der Waals surface area contributed by atoms with Crippen molar-refractivity contribution in [2.75, 3.05) is 6.61 Å². The topological polar surface area (TPSA) is 143 Å². The van der Waals surface area contributed by atoms with Crippen LogP contribution in [-0.4, -0.2) is 33.4 Å². The van der Waals surface area contributed by atoms with Crippen molar-refractivity contribution in [3.63, 3.8) is 0 Å². The molecule has 0 amide bonds. The van der Waals surface area contributed by atoms with Crippen LogP contribution in [0.15, 0.2) is 31.4 Å². The van der Waals surface area contributed by atoms with Gasteiger partial charge < -0.3 is 14.3 Å². The fraction of sp³-hybridized carbons (Fsp3) is 0.462. The quantitative estimate of drug-likeness (QED) is 0.499. The molecule has 0 spiro atoms. The molecule has 3 atom stereocenters. The van der Waals surface area contributed by atoms with E-state index in [0.29, 0.717) is 5.76 Å². The second-order valence-electron chi connectivity index (χ2n) is 5.19. The van der Waals surface area contributed by atoms with Gasteiger partial charge in [0.1, 0.15) is 17.4 Å². The third kappa shape index (κ3) is 2.70. The molecule has 10 heteroatoms. The second kappa shape index (κ2) is 5.84. The highest BCUT2D eigenvalue weighted by molar-refractivity contribution is 5.70. The summed E-state index contributed by atoms with van der Waals surface area (Å²) < 4.78 is 11.9. The molecule has 0 radical (unpaired) electrons. The van der Waals surface area contributed by atoms with Crippen LogP contribution in [0.25, 0.3) is 21.5 Å². The molecular formula is C13H13N5O5.